The summed E-state index contributed by atoms with van der Waals surface area (Å²) in [5, 5.41) is 4.92. The summed E-state index contributed by atoms with van der Waals surface area (Å²) in [7, 11) is 0. The molecule has 6 heteroatoms. The van der Waals surface area contributed by atoms with Gasteiger partial charge in [-0.05, 0) is 94.0 Å². The summed E-state index contributed by atoms with van der Waals surface area (Å²) in [4.78, 5) is 14.8. The topological polar surface area (TPSA) is 44.7 Å². The van der Waals surface area contributed by atoms with Crippen molar-refractivity contribution in [1.82, 2.24) is 5.43 Å². The molecular formula is C24H29Cl2N3O. The summed E-state index contributed by atoms with van der Waals surface area (Å²) in [6.07, 6.45) is 2.79. The van der Waals surface area contributed by atoms with Crippen LogP contribution in [0.1, 0.15) is 74.0 Å². The molecule has 1 heterocycles. The van der Waals surface area contributed by atoms with E-state index in [1.165, 1.54) is 17.3 Å². The SMILES string of the molecule is Cc1cc2c(cc1/C=N\NC(=O)c1ccc(Cl)c(Cl)c1)[C@H](C)CC(C)(C)N2C(C)C. The fourth-order valence-electron chi connectivity index (χ4n) is 4.59. The molecule has 2 aromatic rings. The Bertz CT molecular complexity index is 998. The van der Waals surface area contributed by atoms with Crippen molar-refractivity contribution in [2.75, 3.05) is 4.90 Å². The Kier molecular flexibility index (Phi) is 6.49. The minimum Gasteiger partial charge on any atom is -0.364 e. The Labute approximate surface area is 189 Å². The summed E-state index contributed by atoms with van der Waals surface area (Å²) in [6, 6.07) is 9.61. The number of hydrogen-bond donors (Lipinski definition) is 1. The number of carbonyl (C=O) groups excluding carboxylic acids is 1. The minimum absolute atomic E-state index is 0.108. The molecule has 3 rings (SSSR count). The molecule has 0 aliphatic carbocycles. The smallest absolute Gasteiger partial charge is 0.271 e. The molecule has 0 fully saturated rings. The summed E-state index contributed by atoms with van der Waals surface area (Å²) in [5.41, 5.74) is 7.83. The molecule has 160 valence electrons. The fraction of sp³-hybridized carbons (Fsp3) is 0.417. The number of halogens is 2. The maximum atomic E-state index is 12.3. The first-order chi connectivity index (χ1) is 14.0. The summed E-state index contributed by atoms with van der Waals surface area (Å²) < 4.78 is 0. The van der Waals surface area contributed by atoms with Crippen molar-refractivity contribution < 1.29 is 4.79 Å². The molecule has 2 aromatic carbocycles. The van der Waals surface area contributed by atoms with E-state index in [1.807, 2.05) is 0 Å². The highest BCUT2D eigenvalue weighted by Crippen LogP contribution is 2.45. The van der Waals surface area contributed by atoms with E-state index in [2.05, 4.69) is 69.1 Å². The van der Waals surface area contributed by atoms with Gasteiger partial charge in [0.05, 0.1) is 16.3 Å². The molecule has 0 aromatic heterocycles. The molecule has 1 aliphatic heterocycles. The molecule has 1 amide bonds. The Morgan fingerprint density at radius 3 is 2.57 bits per heavy atom. The molecule has 0 radical (unpaired) electrons. The van der Waals surface area contributed by atoms with Crippen LogP contribution < -0.4 is 10.3 Å². The number of carbonyl (C=O) groups is 1. The van der Waals surface area contributed by atoms with E-state index < -0.39 is 0 Å². The molecule has 0 bridgehead atoms. The molecule has 0 spiro atoms. The van der Waals surface area contributed by atoms with E-state index in [9.17, 15) is 4.79 Å². The average molecular weight is 446 g/mol. The summed E-state index contributed by atoms with van der Waals surface area (Å²) in [5.74, 6) is 0.116. The number of amides is 1. The summed E-state index contributed by atoms with van der Waals surface area (Å²) in [6.45, 7) is 13.5. The number of nitrogens with one attached hydrogen (secondary N) is 1. The maximum absolute atomic E-state index is 12.3. The van der Waals surface area contributed by atoms with E-state index in [0.29, 0.717) is 27.6 Å². The third-order valence-electron chi connectivity index (χ3n) is 5.73. The van der Waals surface area contributed by atoms with E-state index in [-0.39, 0.29) is 11.4 Å². The highest BCUT2D eigenvalue weighted by molar-refractivity contribution is 6.42. The van der Waals surface area contributed by atoms with Crippen molar-refractivity contribution in [1.29, 1.82) is 0 Å². The number of hydrazone groups is 1. The van der Waals surface area contributed by atoms with Gasteiger partial charge in [0.15, 0.2) is 0 Å². The lowest BCUT2D eigenvalue weighted by molar-refractivity contribution is 0.0955. The number of aryl methyl sites for hydroxylation is 1. The van der Waals surface area contributed by atoms with E-state index >= 15 is 0 Å². The van der Waals surface area contributed by atoms with Crippen LogP contribution >= 0.6 is 23.2 Å². The Hall–Kier alpha value is -2.04. The highest BCUT2D eigenvalue weighted by atomic mass is 35.5. The lowest BCUT2D eigenvalue weighted by Gasteiger charge is -2.50. The standard InChI is InChI=1S/C24H29Cl2N3O/c1-14(2)29-22-9-15(3)18(10-19(22)16(4)12-24(29,5)6)13-27-28-23(30)17-7-8-20(25)21(26)11-17/h7-11,13-14,16H,12H2,1-6H3,(H,28,30)/b27-13-/t16-/m1/s1. The van der Waals surface area contributed by atoms with E-state index in [1.54, 1.807) is 18.3 Å². The Balaban J connectivity index is 1.85. The van der Waals surface area contributed by atoms with Gasteiger partial charge in [0.2, 0.25) is 0 Å². The molecule has 4 nitrogen and oxygen atoms in total. The van der Waals surface area contributed by atoms with E-state index in [0.717, 1.165) is 17.5 Å². The highest BCUT2D eigenvalue weighted by Gasteiger charge is 2.37. The van der Waals surface area contributed by atoms with Crippen LogP contribution in [0, 0.1) is 6.92 Å². The molecular weight excluding hydrogens is 417 g/mol. The van der Waals surface area contributed by atoms with Crippen molar-refractivity contribution in [2.24, 2.45) is 5.10 Å². The Morgan fingerprint density at radius 2 is 1.93 bits per heavy atom. The zero-order valence-electron chi connectivity index (χ0n) is 18.4. The third kappa shape index (κ3) is 4.50. The lowest BCUT2D eigenvalue weighted by Crippen LogP contribution is -2.51. The van der Waals surface area contributed by atoms with E-state index in [4.69, 9.17) is 23.2 Å². The lowest BCUT2D eigenvalue weighted by atomic mass is 9.78. The van der Waals surface area contributed by atoms with Gasteiger partial charge in [0, 0.05) is 22.8 Å². The van der Waals surface area contributed by atoms with Gasteiger partial charge in [-0.2, -0.15) is 5.10 Å². The first-order valence-electron chi connectivity index (χ1n) is 10.2. The first-order valence-corrected chi connectivity index (χ1v) is 11.0. The minimum atomic E-state index is -0.332. The van der Waals surface area contributed by atoms with Crippen molar-refractivity contribution in [2.45, 2.75) is 65.5 Å². The number of fused-ring (bicyclic) bond motifs is 1. The van der Waals surface area contributed by atoms with Gasteiger partial charge in [-0.15, -0.1) is 0 Å². The fourth-order valence-corrected chi connectivity index (χ4v) is 4.89. The third-order valence-corrected chi connectivity index (χ3v) is 6.47. The van der Waals surface area contributed by atoms with Gasteiger partial charge in [0.25, 0.3) is 5.91 Å². The van der Waals surface area contributed by atoms with Crippen LogP contribution in [0.15, 0.2) is 35.4 Å². The van der Waals surface area contributed by atoms with Crippen LogP contribution in [0.5, 0.6) is 0 Å². The quantitative estimate of drug-likeness (QED) is 0.427. The average Bonchev–Trinajstić information content (AvgIpc) is 2.63. The number of anilines is 1. The van der Waals surface area contributed by atoms with Crippen LogP contribution in [0.4, 0.5) is 5.69 Å². The van der Waals surface area contributed by atoms with Gasteiger partial charge in [-0.25, -0.2) is 5.43 Å². The summed E-state index contributed by atoms with van der Waals surface area (Å²) >= 11 is 11.9. The largest absolute Gasteiger partial charge is 0.364 e. The van der Waals surface area contributed by atoms with Crippen LogP contribution in [0.25, 0.3) is 0 Å². The van der Waals surface area contributed by atoms with Crippen LogP contribution in [-0.2, 0) is 0 Å². The van der Waals surface area contributed by atoms with Crippen molar-refractivity contribution in [3.05, 3.63) is 62.6 Å². The van der Waals surface area contributed by atoms with Crippen molar-refractivity contribution in [3.63, 3.8) is 0 Å². The monoisotopic (exact) mass is 445 g/mol. The predicted molar refractivity (Wildman–Crippen MR) is 127 cm³/mol. The van der Waals surface area contributed by atoms with Crippen LogP contribution in [0.2, 0.25) is 10.0 Å². The molecule has 0 saturated heterocycles. The molecule has 0 unspecified atom stereocenters. The van der Waals surface area contributed by atoms with Crippen LogP contribution in [0.3, 0.4) is 0 Å². The van der Waals surface area contributed by atoms with Gasteiger partial charge in [0.1, 0.15) is 0 Å². The van der Waals surface area contributed by atoms with Gasteiger partial charge < -0.3 is 4.90 Å². The second-order valence-corrected chi connectivity index (χ2v) is 9.79. The number of nitrogens with zero attached hydrogens (tertiary/aromatic N) is 2. The van der Waals surface area contributed by atoms with Crippen molar-refractivity contribution >= 4 is 41.0 Å². The molecule has 30 heavy (non-hydrogen) atoms. The number of benzene rings is 2. The maximum Gasteiger partial charge on any atom is 0.271 e. The zero-order chi connectivity index (χ0) is 22.2. The number of rotatable bonds is 4. The number of hydrogen-bond acceptors (Lipinski definition) is 3. The second kappa shape index (κ2) is 8.60. The molecule has 1 atom stereocenters. The van der Waals surface area contributed by atoms with Gasteiger partial charge >= 0.3 is 0 Å². The molecule has 0 saturated carbocycles. The predicted octanol–water partition coefficient (Wildman–Crippen LogP) is 6.57. The molecule has 1 aliphatic rings. The normalized spacial score (nSPS) is 18.0. The van der Waals surface area contributed by atoms with Gasteiger partial charge in [-0.3, -0.25) is 4.79 Å². The first kappa shape index (κ1) is 22.6. The van der Waals surface area contributed by atoms with Crippen LogP contribution in [-0.4, -0.2) is 23.7 Å². The Morgan fingerprint density at radius 1 is 1.23 bits per heavy atom. The second-order valence-electron chi connectivity index (χ2n) is 8.98. The van der Waals surface area contributed by atoms with Crippen molar-refractivity contribution in [3.8, 4) is 0 Å². The molecule has 1 N–H and O–H groups in total. The zero-order valence-corrected chi connectivity index (χ0v) is 19.9. The van der Waals surface area contributed by atoms with Gasteiger partial charge in [-0.1, -0.05) is 30.1 Å².